The van der Waals surface area contributed by atoms with Crippen molar-refractivity contribution in [3.8, 4) is 5.75 Å². The number of rotatable bonds is 4. The highest BCUT2D eigenvalue weighted by Gasteiger charge is 2.23. The summed E-state index contributed by atoms with van der Waals surface area (Å²) in [5.74, 6) is 0.958. The molecule has 0 spiro atoms. The van der Waals surface area contributed by atoms with Gasteiger partial charge < -0.3 is 15.0 Å². The highest BCUT2D eigenvalue weighted by molar-refractivity contribution is 6.03. The molecule has 3 aromatic rings. The van der Waals surface area contributed by atoms with Gasteiger partial charge in [-0.2, -0.15) is 0 Å². The predicted octanol–water partition coefficient (Wildman–Crippen LogP) is 3.74. The third-order valence-electron chi connectivity index (χ3n) is 4.53. The standard InChI is InChI=1S/C21H20N4O2/c1-14-12-18(20(26)23-16-7-5-8-17(13-16)27-2)24-21(22-14)25-11-10-15-6-3-4-9-19(15)25/h3-9,12-13H,10-11H2,1-2H3,(H,23,26). The van der Waals surface area contributed by atoms with Crippen LogP contribution in [0, 0.1) is 6.92 Å². The Morgan fingerprint density at radius 1 is 1.11 bits per heavy atom. The van der Waals surface area contributed by atoms with Gasteiger partial charge in [-0.1, -0.05) is 24.3 Å². The smallest absolute Gasteiger partial charge is 0.274 e. The van der Waals surface area contributed by atoms with Crippen molar-refractivity contribution in [1.82, 2.24) is 9.97 Å². The molecule has 0 bridgehead atoms. The van der Waals surface area contributed by atoms with Crippen molar-refractivity contribution in [3.63, 3.8) is 0 Å². The second-order valence-corrected chi connectivity index (χ2v) is 6.41. The second-order valence-electron chi connectivity index (χ2n) is 6.41. The average molecular weight is 360 g/mol. The molecule has 1 aliphatic heterocycles. The summed E-state index contributed by atoms with van der Waals surface area (Å²) in [6.45, 7) is 2.68. The van der Waals surface area contributed by atoms with Gasteiger partial charge in [0.05, 0.1) is 7.11 Å². The molecule has 4 rings (SSSR count). The Hall–Kier alpha value is -3.41. The summed E-state index contributed by atoms with van der Waals surface area (Å²) in [5, 5.41) is 2.87. The van der Waals surface area contributed by atoms with Crippen LogP contribution in [0.25, 0.3) is 0 Å². The summed E-state index contributed by atoms with van der Waals surface area (Å²) in [7, 11) is 1.59. The first-order valence-corrected chi connectivity index (χ1v) is 8.80. The lowest BCUT2D eigenvalue weighted by atomic mass is 10.2. The predicted molar refractivity (Wildman–Crippen MR) is 105 cm³/mol. The zero-order valence-corrected chi connectivity index (χ0v) is 15.3. The van der Waals surface area contributed by atoms with E-state index in [0.717, 1.165) is 24.3 Å². The maximum absolute atomic E-state index is 12.7. The van der Waals surface area contributed by atoms with Crippen LogP contribution in [0.15, 0.2) is 54.6 Å². The first-order valence-electron chi connectivity index (χ1n) is 8.80. The highest BCUT2D eigenvalue weighted by atomic mass is 16.5. The molecule has 0 fully saturated rings. The number of aromatic nitrogens is 2. The summed E-state index contributed by atoms with van der Waals surface area (Å²) in [5.41, 5.74) is 4.11. The number of carbonyl (C=O) groups is 1. The molecule has 0 saturated heterocycles. The largest absolute Gasteiger partial charge is 0.497 e. The summed E-state index contributed by atoms with van der Waals surface area (Å²) in [6.07, 6.45) is 0.943. The van der Waals surface area contributed by atoms with Gasteiger partial charge in [0.25, 0.3) is 5.91 Å². The van der Waals surface area contributed by atoms with Crippen LogP contribution >= 0.6 is 0 Å². The van der Waals surface area contributed by atoms with Crippen molar-refractivity contribution in [2.24, 2.45) is 0 Å². The van der Waals surface area contributed by atoms with E-state index in [-0.39, 0.29) is 5.91 Å². The van der Waals surface area contributed by atoms with Gasteiger partial charge in [0.2, 0.25) is 5.95 Å². The summed E-state index contributed by atoms with van der Waals surface area (Å²) < 4.78 is 5.20. The lowest BCUT2D eigenvalue weighted by molar-refractivity contribution is 0.102. The minimum atomic E-state index is -0.275. The number of fused-ring (bicyclic) bond motifs is 1. The lowest BCUT2D eigenvalue weighted by Gasteiger charge is -2.18. The van der Waals surface area contributed by atoms with Gasteiger partial charge >= 0.3 is 0 Å². The number of amides is 1. The molecule has 2 aromatic carbocycles. The van der Waals surface area contributed by atoms with Gasteiger partial charge in [0, 0.05) is 29.7 Å². The molecular formula is C21H20N4O2. The summed E-state index contributed by atoms with van der Waals surface area (Å²) in [6, 6.07) is 17.1. The number of hydrogen-bond acceptors (Lipinski definition) is 5. The van der Waals surface area contributed by atoms with E-state index in [0.29, 0.717) is 23.1 Å². The molecule has 136 valence electrons. The number of carbonyl (C=O) groups excluding carboxylic acids is 1. The molecule has 2 heterocycles. The van der Waals surface area contributed by atoms with E-state index in [1.165, 1.54) is 5.56 Å². The van der Waals surface area contributed by atoms with Gasteiger partial charge in [-0.25, -0.2) is 9.97 Å². The first kappa shape index (κ1) is 17.0. The third kappa shape index (κ3) is 3.46. The quantitative estimate of drug-likeness (QED) is 0.768. The van der Waals surface area contributed by atoms with E-state index in [9.17, 15) is 4.79 Å². The van der Waals surface area contributed by atoms with Gasteiger partial charge in [-0.05, 0) is 43.2 Å². The number of benzene rings is 2. The maximum Gasteiger partial charge on any atom is 0.274 e. The van der Waals surface area contributed by atoms with E-state index < -0.39 is 0 Å². The van der Waals surface area contributed by atoms with Crippen LogP contribution in [0.3, 0.4) is 0 Å². The number of hydrogen-bond donors (Lipinski definition) is 1. The lowest BCUT2D eigenvalue weighted by Crippen LogP contribution is -2.20. The van der Waals surface area contributed by atoms with Crippen molar-refractivity contribution in [1.29, 1.82) is 0 Å². The minimum Gasteiger partial charge on any atom is -0.497 e. The van der Waals surface area contributed by atoms with Crippen LogP contribution in [0.4, 0.5) is 17.3 Å². The molecule has 6 heteroatoms. The average Bonchev–Trinajstić information content (AvgIpc) is 3.12. The van der Waals surface area contributed by atoms with Gasteiger partial charge in [0.1, 0.15) is 11.4 Å². The monoisotopic (exact) mass is 360 g/mol. The Morgan fingerprint density at radius 3 is 2.81 bits per heavy atom. The van der Waals surface area contributed by atoms with E-state index in [1.54, 1.807) is 19.2 Å². The van der Waals surface area contributed by atoms with Crippen LogP contribution in [0.1, 0.15) is 21.7 Å². The topological polar surface area (TPSA) is 67.3 Å². The molecule has 0 atom stereocenters. The molecular weight excluding hydrogens is 340 g/mol. The van der Waals surface area contributed by atoms with E-state index in [1.807, 2.05) is 37.3 Å². The zero-order valence-electron chi connectivity index (χ0n) is 15.3. The van der Waals surface area contributed by atoms with Crippen LogP contribution < -0.4 is 15.0 Å². The molecule has 0 radical (unpaired) electrons. The van der Waals surface area contributed by atoms with Crippen molar-refractivity contribution in [2.75, 3.05) is 23.9 Å². The van der Waals surface area contributed by atoms with Crippen molar-refractivity contribution >= 4 is 23.2 Å². The molecule has 1 amide bonds. The molecule has 1 aliphatic rings. The Kier molecular flexibility index (Phi) is 4.46. The molecule has 0 saturated carbocycles. The zero-order chi connectivity index (χ0) is 18.8. The summed E-state index contributed by atoms with van der Waals surface area (Å²) in [4.78, 5) is 23.8. The fraction of sp³-hybridized carbons (Fsp3) is 0.190. The fourth-order valence-corrected chi connectivity index (χ4v) is 3.23. The van der Waals surface area contributed by atoms with Gasteiger partial charge in [-0.15, -0.1) is 0 Å². The van der Waals surface area contributed by atoms with Gasteiger partial charge in [0.15, 0.2) is 0 Å². The molecule has 0 unspecified atom stereocenters. The van der Waals surface area contributed by atoms with Gasteiger partial charge in [-0.3, -0.25) is 4.79 Å². The molecule has 1 N–H and O–H groups in total. The summed E-state index contributed by atoms with van der Waals surface area (Å²) >= 11 is 0. The number of aryl methyl sites for hydroxylation is 1. The Bertz CT molecular complexity index is 1000. The molecule has 1 aromatic heterocycles. The van der Waals surface area contributed by atoms with Crippen molar-refractivity contribution in [3.05, 3.63) is 71.5 Å². The number of anilines is 3. The molecule has 27 heavy (non-hydrogen) atoms. The minimum absolute atomic E-state index is 0.275. The van der Waals surface area contributed by atoms with Crippen LogP contribution in [0.2, 0.25) is 0 Å². The SMILES string of the molecule is COc1cccc(NC(=O)c2cc(C)nc(N3CCc4ccccc43)n2)c1. The van der Waals surface area contributed by atoms with E-state index in [4.69, 9.17) is 4.74 Å². The van der Waals surface area contributed by atoms with Crippen molar-refractivity contribution < 1.29 is 9.53 Å². The number of nitrogens with one attached hydrogen (secondary N) is 1. The first-order chi connectivity index (χ1) is 13.1. The van der Waals surface area contributed by atoms with Crippen molar-refractivity contribution in [2.45, 2.75) is 13.3 Å². The number of ether oxygens (including phenoxy) is 1. The normalized spacial score (nSPS) is 12.6. The van der Waals surface area contributed by atoms with Crippen LogP contribution in [-0.4, -0.2) is 29.5 Å². The second kappa shape index (κ2) is 7.07. The molecule has 0 aliphatic carbocycles. The van der Waals surface area contributed by atoms with E-state index in [2.05, 4.69) is 32.3 Å². The van der Waals surface area contributed by atoms with Crippen LogP contribution in [0.5, 0.6) is 5.75 Å². The number of para-hydroxylation sites is 1. The van der Waals surface area contributed by atoms with E-state index >= 15 is 0 Å². The van der Waals surface area contributed by atoms with Crippen LogP contribution in [-0.2, 0) is 6.42 Å². The fourth-order valence-electron chi connectivity index (χ4n) is 3.23. The third-order valence-corrected chi connectivity index (χ3v) is 4.53. The Balaban J connectivity index is 1.62. The highest BCUT2D eigenvalue weighted by Crippen LogP contribution is 2.32. The Labute approximate surface area is 157 Å². The molecule has 6 nitrogen and oxygen atoms in total. The number of methoxy groups -OCH3 is 1. The maximum atomic E-state index is 12.7. The number of nitrogens with zero attached hydrogens (tertiary/aromatic N) is 3. The Morgan fingerprint density at radius 2 is 1.96 bits per heavy atom.